The van der Waals surface area contributed by atoms with E-state index < -0.39 is 8.80 Å². The molecule has 0 aromatic heterocycles. The Morgan fingerprint density at radius 3 is 2.56 bits per heavy atom. The van der Waals surface area contributed by atoms with Crippen molar-refractivity contribution < 1.29 is 9.16 Å². The van der Waals surface area contributed by atoms with Gasteiger partial charge in [-0.05, 0) is 0 Å². The van der Waals surface area contributed by atoms with Gasteiger partial charge in [0.05, 0.1) is 15.0 Å². The number of hydrogen-bond donors (Lipinski definition) is 0. The Morgan fingerprint density at radius 1 is 1.44 bits per heavy atom. The Kier molecular flexibility index (Phi) is 6.73. The lowest BCUT2D eigenvalue weighted by molar-refractivity contribution is 0.234. The van der Waals surface area contributed by atoms with E-state index in [0.717, 1.165) is 12.5 Å². The van der Waals surface area contributed by atoms with E-state index in [2.05, 4.69) is 13.1 Å². The summed E-state index contributed by atoms with van der Waals surface area (Å²) in [6.07, 6.45) is 1.90. The van der Waals surface area contributed by atoms with Gasteiger partial charge >= 0.3 is 0 Å². The quantitative estimate of drug-likeness (QED) is 0.411. The van der Waals surface area contributed by atoms with Crippen molar-refractivity contribution in [3.8, 4) is 0 Å². The van der Waals surface area contributed by atoms with Crippen LogP contribution in [0.1, 0.15) is 0 Å². The molecule has 0 unspecified atom stereocenters. The summed E-state index contributed by atoms with van der Waals surface area (Å²) in [6.45, 7) is 4.59. The Bertz CT molecular complexity index is 58.9. The van der Waals surface area contributed by atoms with Crippen molar-refractivity contribution in [3.63, 3.8) is 0 Å². The van der Waals surface area contributed by atoms with Crippen molar-refractivity contribution >= 4 is 18.6 Å². The van der Waals surface area contributed by atoms with Gasteiger partial charge in [-0.1, -0.05) is 13.1 Å². The smallest absolute Gasteiger partial charge is 0.186 e. The summed E-state index contributed by atoms with van der Waals surface area (Å²) in [5.41, 5.74) is 0. The third kappa shape index (κ3) is 8.35. The van der Waals surface area contributed by atoms with E-state index in [1.54, 1.807) is 7.11 Å². The monoisotopic (exact) mass is 164 g/mol. The highest BCUT2D eigenvalue weighted by atomic mass is 28.3. The normalized spacial score (nSPS) is 12.0. The predicted octanol–water partition coefficient (Wildman–Crippen LogP) is -0.283. The fourth-order valence-electron chi connectivity index (χ4n) is 0.461. The van der Waals surface area contributed by atoms with E-state index in [9.17, 15) is 0 Å². The van der Waals surface area contributed by atoms with Gasteiger partial charge in [-0.3, -0.25) is 0 Å². The van der Waals surface area contributed by atoms with Crippen LogP contribution in [0.4, 0.5) is 0 Å². The maximum Gasteiger partial charge on any atom is 0.186 e. The molecule has 4 heteroatoms. The first-order valence-corrected chi connectivity index (χ1v) is 8.04. The maximum atomic E-state index is 5.41. The molecule has 0 bridgehead atoms. The molecular formula is C5H16O2Si2. The van der Waals surface area contributed by atoms with E-state index in [1.165, 1.54) is 0 Å². The first-order valence-electron chi connectivity index (χ1n) is 3.34. The predicted molar refractivity (Wildman–Crippen MR) is 45.2 cm³/mol. The van der Waals surface area contributed by atoms with Crippen LogP contribution in [0.5, 0.6) is 0 Å². The highest BCUT2D eigenvalue weighted by Gasteiger charge is 1.93. The fourth-order valence-corrected chi connectivity index (χ4v) is 3.30. The van der Waals surface area contributed by atoms with E-state index in [4.69, 9.17) is 9.16 Å². The Morgan fingerprint density at radius 2 is 2.11 bits per heavy atom. The minimum Gasteiger partial charge on any atom is -0.425 e. The van der Waals surface area contributed by atoms with Gasteiger partial charge in [-0.25, -0.2) is 0 Å². The Labute approximate surface area is 61.1 Å². The summed E-state index contributed by atoms with van der Waals surface area (Å²) < 4.78 is 10.3. The van der Waals surface area contributed by atoms with Gasteiger partial charge in [0, 0.05) is 13.3 Å². The maximum absolute atomic E-state index is 5.41. The van der Waals surface area contributed by atoms with Gasteiger partial charge in [0.25, 0.3) is 0 Å². The van der Waals surface area contributed by atoms with Crippen molar-refractivity contribution in [2.45, 2.75) is 13.1 Å². The highest BCUT2D eigenvalue weighted by Crippen LogP contribution is 1.79. The Hall–Kier alpha value is 0.354. The second kappa shape index (κ2) is 6.47. The standard InChI is InChI=1S/C5H16O2Si2/c1-6-4-8-7-5-9(2)3/h9H,4-5,8H2,1-3H3. The van der Waals surface area contributed by atoms with Crippen LogP contribution in [0.25, 0.3) is 0 Å². The summed E-state index contributed by atoms with van der Waals surface area (Å²) in [5.74, 6) is 0. The number of ether oxygens (including phenoxy) is 1. The lowest BCUT2D eigenvalue weighted by atomic mass is 11.5. The summed E-state index contributed by atoms with van der Waals surface area (Å²) in [5, 5.41) is 0. The molecule has 0 saturated heterocycles. The second-order valence-electron chi connectivity index (χ2n) is 2.46. The number of hydrogen-bond acceptors (Lipinski definition) is 2. The molecule has 0 aromatic carbocycles. The topological polar surface area (TPSA) is 18.5 Å². The average molecular weight is 164 g/mol. The molecule has 0 fully saturated rings. The van der Waals surface area contributed by atoms with Crippen molar-refractivity contribution in [2.24, 2.45) is 0 Å². The molecule has 0 aliphatic heterocycles. The van der Waals surface area contributed by atoms with Crippen LogP contribution in [0, 0.1) is 0 Å². The van der Waals surface area contributed by atoms with Crippen LogP contribution in [-0.2, 0) is 9.16 Å². The largest absolute Gasteiger partial charge is 0.425 e. The van der Waals surface area contributed by atoms with E-state index in [-0.39, 0.29) is 9.76 Å². The van der Waals surface area contributed by atoms with Gasteiger partial charge in [-0.2, -0.15) is 0 Å². The zero-order valence-corrected chi connectivity index (χ0v) is 9.08. The molecule has 0 aliphatic rings. The lowest BCUT2D eigenvalue weighted by Crippen LogP contribution is -2.16. The van der Waals surface area contributed by atoms with Crippen molar-refractivity contribution in [3.05, 3.63) is 0 Å². The third-order valence-electron chi connectivity index (χ3n) is 0.883. The highest BCUT2D eigenvalue weighted by molar-refractivity contribution is 6.56. The first-order chi connectivity index (χ1) is 4.27. The lowest BCUT2D eigenvalue weighted by Gasteiger charge is -2.03. The summed E-state index contributed by atoms with van der Waals surface area (Å²) in [6, 6.07) is 0. The second-order valence-corrected chi connectivity index (χ2v) is 6.81. The van der Waals surface area contributed by atoms with E-state index in [0.29, 0.717) is 0 Å². The molecule has 2 nitrogen and oxygen atoms in total. The van der Waals surface area contributed by atoms with Crippen LogP contribution >= 0.6 is 0 Å². The molecule has 0 spiro atoms. The Balaban J connectivity index is 2.75. The van der Waals surface area contributed by atoms with Crippen molar-refractivity contribution in [2.75, 3.05) is 19.6 Å². The van der Waals surface area contributed by atoms with E-state index >= 15 is 0 Å². The van der Waals surface area contributed by atoms with Crippen LogP contribution in [-0.4, -0.2) is 38.1 Å². The van der Waals surface area contributed by atoms with Gasteiger partial charge in [0.1, 0.15) is 0 Å². The molecule has 0 N–H and O–H groups in total. The third-order valence-corrected chi connectivity index (χ3v) is 3.36. The molecule has 0 aromatic rings. The minimum atomic E-state index is -0.456. The number of methoxy groups -OCH3 is 1. The number of rotatable bonds is 5. The molecule has 56 valence electrons. The summed E-state index contributed by atoms with van der Waals surface area (Å²) >= 11 is 0. The van der Waals surface area contributed by atoms with Crippen molar-refractivity contribution in [1.82, 2.24) is 0 Å². The minimum absolute atomic E-state index is 0.319. The van der Waals surface area contributed by atoms with Crippen LogP contribution in [0.3, 0.4) is 0 Å². The van der Waals surface area contributed by atoms with Crippen molar-refractivity contribution in [1.29, 1.82) is 0 Å². The van der Waals surface area contributed by atoms with E-state index in [1.807, 2.05) is 0 Å². The zero-order valence-electron chi connectivity index (χ0n) is 6.52. The average Bonchev–Trinajstić information content (AvgIpc) is 1.80. The molecule has 0 rings (SSSR count). The summed E-state index contributed by atoms with van der Waals surface area (Å²) in [7, 11) is 0.950. The molecule has 0 atom stereocenters. The molecule has 0 saturated carbocycles. The van der Waals surface area contributed by atoms with Gasteiger partial charge in [-0.15, -0.1) is 0 Å². The molecule has 0 aliphatic carbocycles. The first kappa shape index (κ1) is 9.35. The van der Waals surface area contributed by atoms with Crippen LogP contribution < -0.4 is 0 Å². The van der Waals surface area contributed by atoms with Gasteiger partial charge in [0.2, 0.25) is 0 Å². The van der Waals surface area contributed by atoms with Gasteiger partial charge in [0.15, 0.2) is 9.76 Å². The zero-order chi connectivity index (χ0) is 7.11. The summed E-state index contributed by atoms with van der Waals surface area (Å²) in [4.78, 5) is 0. The SMILES string of the molecule is COC[SiH2]OC[SiH](C)C. The fraction of sp³-hybridized carbons (Fsp3) is 1.00. The molecular weight excluding hydrogens is 148 g/mol. The molecule has 0 heterocycles. The molecule has 0 amide bonds. The molecule has 9 heavy (non-hydrogen) atoms. The van der Waals surface area contributed by atoms with Gasteiger partial charge < -0.3 is 9.16 Å². The molecule has 0 radical (unpaired) electrons. The van der Waals surface area contributed by atoms with Crippen LogP contribution in [0.15, 0.2) is 0 Å². The van der Waals surface area contributed by atoms with Crippen LogP contribution in [0.2, 0.25) is 13.1 Å².